The number of halogens is 1. The van der Waals surface area contributed by atoms with Gasteiger partial charge in [0.2, 0.25) is 10.0 Å². The molecule has 9 heteroatoms. The molecule has 35 heavy (non-hydrogen) atoms. The summed E-state index contributed by atoms with van der Waals surface area (Å²) in [6, 6.07) is 17.7. The van der Waals surface area contributed by atoms with Gasteiger partial charge in [0, 0.05) is 17.7 Å². The first kappa shape index (κ1) is 26.0. The number of nitrogens with zero attached hydrogens (tertiary/aromatic N) is 1. The van der Waals surface area contributed by atoms with Gasteiger partial charge in [-0.25, -0.2) is 12.8 Å². The first-order valence-corrected chi connectivity index (χ1v) is 13.0. The predicted molar refractivity (Wildman–Crippen MR) is 134 cm³/mol. The molecule has 0 spiro atoms. The maximum atomic E-state index is 13.4. The maximum absolute atomic E-state index is 13.4. The summed E-state index contributed by atoms with van der Waals surface area (Å²) in [4.78, 5) is 12.8. The van der Waals surface area contributed by atoms with Gasteiger partial charge < -0.3 is 14.8 Å². The number of hydrogen-bond acceptors (Lipinski definition) is 5. The van der Waals surface area contributed by atoms with Gasteiger partial charge in [0.25, 0.3) is 5.91 Å². The fourth-order valence-corrected chi connectivity index (χ4v) is 4.40. The SMILES string of the molecule is CCOc1ccc(C(=O)NCCc2ccc(OC)cc2)cc1CN(c1ccc(F)cc1)S(C)(=O)=O. The van der Waals surface area contributed by atoms with Gasteiger partial charge in [0.1, 0.15) is 17.3 Å². The van der Waals surface area contributed by atoms with E-state index in [1.165, 1.54) is 24.3 Å². The molecule has 3 rings (SSSR count). The lowest BCUT2D eigenvalue weighted by atomic mass is 10.1. The molecule has 0 aliphatic carbocycles. The summed E-state index contributed by atoms with van der Waals surface area (Å²) in [5, 5.41) is 2.89. The van der Waals surface area contributed by atoms with Gasteiger partial charge in [0.15, 0.2) is 0 Å². The number of rotatable bonds is 11. The highest BCUT2D eigenvalue weighted by Gasteiger charge is 2.21. The highest BCUT2D eigenvalue weighted by Crippen LogP contribution is 2.27. The molecule has 0 aliphatic heterocycles. The van der Waals surface area contributed by atoms with Crippen molar-refractivity contribution in [2.75, 3.05) is 30.8 Å². The minimum atomic E-state index is -3.70. The standard InChI is InChI=1S/C26H29FN2O5S/c1-4-34-25-14-7-20(26(30)28-16-15-19-5-12-24(33-2)13-6-19)17-21(25)18-29(35(3,31)32)23-10-8-22(27)9-11-23/h5-14,17H,4,15-16,18H2,1-3H3,(H,28,30). The van der Waals surface area contributed by atoms with E-state index in [9.17, 15) is 17.6 Å². The highest BCUT2D eigenvalue weighted by molar-refractivity contribution is 7.92. The van der Waals surface area contributed by atoms with Crippen molar-refractivity contribution in [3.63, 3.8) is 0 Å². The molecule has 0 fully saturated rings. The molecular formula is C26H29FN2O5S. The molecule has 0 atom stereocenters. The summed E-state index contributed by atoms with van der Waals surface area (Å²) >= 11 is 0. The third-order valence-corrected chi connectivity index (χ3v) is 6.45. The summed E-state index contributed by atoms with van der Waals surface area (Å²) in [5.74, 6) is 0.488. The van der Waals surface area contributed by atoms with Crippen molar-refractivity contribution in [2.45, 2.75) is 19.9 Å². The average molecular weight is 501 g/mol. The lowest BCUT2D eigenvalue weighted by molar-refractivity contribution is 0.0954. The van der Waals surface area contributed by atoms with Crippen LogP contribution >= 0.6 is 0 Å². The van der Waals surface area contributed by atoms with Crippen LogP contribution in [-0.2, 0) is 23.0 Å². The molecule has 0 heterocycles. The quantitative estimate of drug-likeness (QED) is 0.427. The van der Waals surface area contributed by atoms with Crippen molar-refractivity contribution in [3.05, 3.63) is 89.2 Å². The van der Waals surface area contributed by atoms with E-state index in [-0.39, 0.29) is 12.5 Å². The normalized spacial score (nSPS) is 11.1. The minimum Gasteiger partial charge on any atom is -0.497 e. The summed E-state index contributed by atoms with van der Waals surface area (Å²) < 4.78 is 50.4. The molecule has 3 aromatic carbocycles. The Hall–Kier alpha value is -3.59. The van der Waals surface area contributed by atoms with Crippen LogP contribution in [0.15, 0.2) is 66.7 Å². The zero-order valence-corrected chi connectivity index (χ0v) is 20.8. The summed E-state index contributed by atoms with van der Waals surface area (Å²) in [7, 11) is -2.09. The second-order valence-corrected chi connectivity index (χ2v) is 9.76. The number of carbonyl (C=O) groups excluding carboxylic acids is 1. The van der Waals surface area contributed by atoms with Crippen molar-refractivity contribution in [3.8, 4) is 11.5 Å². The van der Waals surface area contributed by atoms with Gasteiger partial charge in [-0.15, -0.1) is 0 Å². The zero-order valence-electron chi connectivity index (χ0n) is 20.0. The number of sulfonamides is 1. The number of methoxy groups -OCH3 is 1. The van der Waals surface area contributed by atoms with Crippen molar-refractivity contribution in [2.24, 2.45) is 0 Å². The van der Waals surface area contributed by atoms with E-state index >= 15 is 0 Å². The molecule has 0 radical (unpaired) electrons. The Kier molecular flexibility index (Phi) is 8.70. The molecule has 7 nitrogen and oxygen atoms in total. The van der Waals surface area contributed by atoms with Crippen LogP contribution in [0.3, 0.4) is 0 Å². The van der Waals surface area contributed by atoms with Crippen LogP contribution in [-0.4, -0.2) is 40.8 Å². The van der Waals surface area contributed by atoms with E-state index in [0.29, 0.717) is 42.1 Å². The average Bonchev–Trinajstić information content (AvgIpc) is 2.84. The summed E-state index contributed by atoms with van der Waals surface area (Å²) in [6.07, 6.45) is 1.72. The number of amides is 1. The Bertz CT molecular complexity index is 1250. The van der Waals surface area contributed by atoms with Crippen molar-refractivity contribution < 1.29 is 27.1 Å². The van der Waals surface area contributed by atoms with Crippen LogP contribution in [0, 0.1) is 5.82 Å². The monoisotopic (exact) mass is 500 g/mol. The zero-order chi connectivity index (χ0) is 25.4. The highest BCUT2D eigenvalue weighted by atomic mass is 32.2. The molecule has 0 unspecified atom stereocenters. The van der Waals surface area contributed by atoms with Gasteiger partial charge in [-0.3, -0.25) is 9.10 Å². The lowest BCUT2D eigenvalue weighted by Crippen LogP contribution is -2.30. The molecule has 3 aromatic rings. The summed E-state index contributed by atoms with van der Waals surface area (Å²) in [5.41, 5.74) is 2.27. The van der Waals surface area contributed by atoms with E-state index in [0.717, 1.165) is 21.9 Å². The Morgan fingerprint density at radius 1 is 1.03 bits per heavy atom. The molecule has 1 N–H and O–H groups in total. The minimum absolute atomic E-state index is 0.0766. The molecule has 1 amide bonds. The van der Waals surface area contributed by atoms with E-state index in [2.05, 4.69) is 5.32 Å². The molecule has 186 valence electrons. The molecular weight excluding hydrogens is 471 g/mol. The van der Waals surface area contributed by atoms with Gasteiger partial charge in [-0.05, 0) is 73.5 Å². The van der Waals surface area contributed by atoms with Gasteiger partial charge >= 0.3 is 0 Å². The fourth-order valence-electron chi connectivity index (χ4n) is 3.52. The number of carbonyl (C=O) groups is 1. The van der Waals surface area contributed by atoms with E-state index in [4.69, 9.17) is 9.47 Å². The molecule has 0 bridgehead atoms. The van der Waals surface area contributed by atoms with Crippen LogP contribution in [0.1, 0.15) is 28.4 Å². The Labute approximate surface area is 205 Å². The number of nitrogens with one attached hydrogen (secondary N) is 1. The summed E-state index contributed by atoms with van der Waals surface area (Å²) in [6.45, 7) is 2.54. The Morgan fingerprint density at radius 3 is 2.31 bits per heavy atom. The smallest absolute Gasteiger partial charge is 0.251 e. The third-order valence-electron chi connectivity index (χ3n) is 5.31. The van der Waals surface area contributed by atoms with E-state index in [1.54, 1.807) is 25.3 Å². The van der Waals surface area contributed by atoms with E-state index in [1.807, 2.05) is 31.2 Å². The second kappa shape index (κ2) is 11.7. The number of benzene rings is 3. The van der Waals surface area contributed by atoms with Gasteiger partial charge in [-0.1, -0.05) is 12.1 Å². The third kappa shape index (κ3) is 7.19. The second-order valence-electron chi connectivity index (χ2n) is 7.86. The van der Waals surface area contributed by atoms with E-state index < -0.39 is 15.8 Å². The van der Waals surface area contributed by atoms with Crippen molar-refractivity contribution in [1.29, 1.82) is 0 Å². The Balaban J connectivity index is 1.78. The van der Waals surface area contributed by atoms with Gasteiger partial charge in [0.05, 0.1) is 32.2 Å². The number of ether oxygens (including phenoxy) is 2. The van der Waals surface area contributed by atoms with Crippen LogP contribution in [0.5, 0.6) is 11.5 Å². The topological polar surface area (TPSA) is 84.9 Å². The number of anilines is 1. The molecule has 0 saturated heterocycles. The molecule has 0 saturated carbocycles. The largest absolute Gasteiger partial charge is 0.497 e. The first-order valence-electron chi connectivity index (χ1n) is 11.1. The van der Waals surface area contributed by atoms with Crippen LogP contribution in [0.25, 0.3) is 0 Å². The van der Waals surface area contributed by atoms with Crippen molar-refractivity contribution in [1.82, 2.24) is 5.32 Å². The van der Waals surface area contributed by atoms with Crippen LogP contribution in [0.4, 0.5) is 10.1 Å². The molecule has 0 aliphatic rings. The first-order chi connectivity index (χ1) is 16.7. The Morgan fingerprint density at radius 2 is 1.71 bits per heavy atom. The lowest BCUT2D eigenvalue weighted by Gasteiger charge is -2.24. The number of hydrogen-bond donors (Lipinski definition) is 1. The predicted octanol–water partition coefficient (Wildman–Crippen LogP) is 4.17. The van der Waals surface area contributed by atoms with Crippen molar-refractivity contribution >= 4 is 21.6 Å². The van der Waals surface area contributed by atoms with Crippen LogP contribution in [0.2, 0.25) is 0 Å². The fraction of sp³-hybridized carbons (Fsp3) is 0.269. The molecule has 0 aromatic heterocycles. The van der Waals surface area contributed by atoms with Gasteiger partial charge in [-0.2, -0.15) is 0 Å². The van der Waals surface area contributed by atoms with Crippen LogP contribution < -0.4 is 19.1 Å². The maximum Gasteiger partial charge on any atom is 0.251 e.